The van der Waals surface area contributed by atoms with Crippen LogP contribution in [0.5, 0.6) is 11.5 Å². The van der Waals surface area contributed by atoms with Gasteiger partial charge in [0, 0.05) is 24.7 Å². The van der Waals surface area contributed by atoms with E-state index in [0.717, 1.165) is 25.2 Å². The summed E-state index contributed by atoms with van der Waals surface area (Å²) in [6.45, 7) is 14.7. The summed E-state index contributed by atoms with van der Waals surface area (Å²) in [5, 5.41) is 6.47. The zero-order chi connectivity index (χ0) is 20.6. The number of hydrogen-bond acceptors (Lipinski definition) is 5. The van der Waals surface area contributed by atoms with Gasteiger partial charge in [0.05, 0.1) is 6.61 Å². The molecule has 1 aromatic carbocycles. The molecule has 0 aromatic heterocycles. The molecule has 0 aliphatic carbocycles. The summed E-state index contributed by atoms with van der Waals surface area (Å²) in [5.41, 5.74) is 0.877. The molecule has 6 heteroatoms. The number of likely N-dealkylation sites (N-methyl/N-ethyl adjacent to an activating group) is 1. The van der Waals surface area contributed by atoms with Crippen molar-refractivity contribution in [2.75, 3.05) is 32.8 Å². The van der Waals surface area contributed by atoms with Crippen LogP contribution in [0.3, 0.4) is 0 Å². The van der Waals surface area contributed by atoms with E-state index < -0.39 is 0 Å². The molecule has 1 heterocycles. The average molecular weight is 392 g/mol. The van der Waals surface area contributed by atoms with Crippen LogP contribution in [0, 0.1) is 0 Å². The van der Waals surface area contributed by atoms with E-state index in [0.29, 0.717) is 24.1 Å². The SMILES string of the molecule is CCOc1cc(CNC[C@@H]2CCCN2CC)ccc1OCC(=O)NC(C)(C)C. The van der Waals surface area contributed by atoms with Gasteiger partial charge in [-0.1, -0.05) is 13.0 Å². The van der Waals surface area contributed by atoms with Gasteiger partial charge in [0.25, 0.3) is 5.91 Å². The van der Waals surface area contributed by atoms with E-state index in [1.165, 1.54) is 19.4 Å². The first-order valence-corrected chi connectivity index (χ1v) is 10.5. The van der Waals surface area contributed by atoms with Gasteiger partial charge >= 0.3 is 0 Å². The first kappa shape index (κ1) is 22.5. The van der Waals surface area contributed by atoms with Crippen LogP contribution in [-0.4, -0.2) is 55.2 Å². The average Bonchev–Trinajstić information content (AvgIpc) is 3.07. The number of amides is 1. The van der Waals surface area contributed by atoms with Gasteiger partial charge in [-0.2, -0.15) is 0 Å². The quantitative estimate of drug-likeness (QED) is 0.642. The van der Waals surface area contributed by atoms with Crippen LogP contribution in [0.25, 0.3) is 0 Å². The highest BCUT2D eigenvalue weighted by Crippen LogP contribution is 2.28. The van der Waals surface area contributed by atoms with E-state index >= 15 is 0 Å². The minimum atomic E-state index is -0.272. The van der Waals surface area contributed by atoms with E-state index in [4.69, 9.17) is 9.47 Å². The molecule has 1 saturated heterocycles. The fourth-order valence-electron chi connectivity index (χ4n) is 3.57. The summed E-state index contributed by atoms with van der Waals surface area (Å²) < 4.78 is 11.4. The molecule has 0 saturated carbocycles. The fraction of sp³-hybridized carbons (Fsp3) is 0.682. The summed E-state index contributed by atoms with van der Waals surface area (Å²) >= 11 is 0. The normalized spacial score (nSPS) is 17.5. The molecule has 2 rings (SSSR count). The van der Waals surface area contributed by atoms with E-state index in [9.17, 15) is 4.79 Å². The van der Waals surface area contributed by atoms with E-state index in [1.807, 2.05) is 45.9 Å². The highest BCUT2D eigenvalue weighted by Gasteiger charge is 2.22. The Kier molecular flexibility index (Phi) is 8.58. The minimum absolute atomic E-state index is 0.0243. The van der Waals surface area contributed by atoms with Crippen LogP contribution >= 0.6 is 0 Å². The van der Waals surface area contributed by atoms with Crippen molar-refractivity contribution in [3.8, 4) is 11.5 Å². The topological polar surface area (TPSA) is 62.8 Å². The van der Waals surface area contributed by atoms with E-state index in [1.54, 1.807) is 0 Å². The maximum atomic E-state index is 12.0. The standard InChI is InChI=1S/C22H37N3O3/c1-6-25-12-8-9-18(25)15-23-14-17-10-11-19(20(13-17)27-7-2)28-16-21(26)24-22(3,4)5/h10-11,13,18,23H,6-9,12,14-16H2,1-5H3,(H,24,26)/t18-/m0/s1. The van der Waals surface area contributed by atoms with Crippen LogP contribution in [0.2, 0.25) is 0 Å². The molecule has 1 atom stereocenters. The van der Waals surface area contributed by atoms with Crippen LogP contribution < -0.4 is 20.1 Å². The third-order valence-electron chi connectivity index (χ3n) is 4.80. The van der Waals surface area contributed by atoms with Crippen molar-refractivity contribution >= 4 is 5.91 Å². The van der Waals surface area contributed by atoms with Gasteiger partial charge in [0.2, 0.25) is 0 Å². The first-order chi connectivity index (χ1) is 13.3. The van der Waals surface area contributed by atoms with Gasteiger partial charge in [-0.3, -0.25) is 9.69 Å². The molecule has 158 valence electrons. The molecular weight excluding hydrogens is 354 g/mol. The Hall–Kier alpha value is -1.79. The van der Waals surface area contributed by atoms with Crippen LogP contribution in [-0.2, 0) is 11.3 Å². The summed E-state index contributed by atoms with van der Waals surface area (Å²) in [4.78, 5) is 14.5. The second-order valence-corrected chi connectivity index (χ2v) is 8.36. The maximum absolute atomic E-state index is 12.0. The fourth-order valence-corrected chi connectivity index (χ4v) is 3.57. The van der Waals surface area contributed by atoms with E-state index in [-0.39, 0.29) is 18.1 Å². The number of nitrogens with one attached hydrogen (secondary N) is 2. The van der Waals surface area contributed by atoms with Gasteiger partial charge < -0.3 is 20.1 Å². The Balaban J connectivity index is 1.89. The molecule has 2 N–H and O–H groups in total. The summed E-state index contributed by atoms with van der Waals surface area (Å²) in [6, 6.07) is 6.55. The van der Waals surface area contributed by atoms with Crippen molar-refractivity contribution in [3.63, 3.8) is 0 Å². The van der Waals surface area contributed by atoms with Crippen molar-refractivity contribution in [1.82, 2.24) is 15.5 Å². The van der Waals surface area contributed by atoms with Crippen molar-refractivity contribution in [2.24, 2.45) is 0 Å². The molecule has 0 bridgehead atoms. The smallest absolute Gasteiger partial charge is 0.258 e. The molecular formula is C22H37N3O3. The summed E-state index contributed by atoms with van der Waals surface area (Å²) in [5.74, 6) is 1.14. The molecule has 6 nitrogen and oxygen atoms in total. The lowest BCUT2D eigenvalue weighted by atomic mass is 10.1. The van der Waals surface area contributed by atoms with E-state index in [2.05, 4.69) is 22.5 Å². The van der Waals surface area contributed by atoms with Gasteiger partial charge in [0.15, 0.2) is 18.1 Å². The third kappa shape index (κ3) is 7.32. The number of carbonyl (C=O) groups excluding carboxylic acids is 1. The molecule has 0 unspecified atom stereocenters. The third-order valence-corrected chi connectivity index (χ3v) is 4.80. The number of likely N-dealkylation sites (tertiary alicyclic amines) is 1. The predicted octanol–water partition coefficient (Wildman–Crippen LogP) is 2.95. The number of benzene rings is 1. The number of hydrogen-bond donors (Lipinski definition) is 2. The van der Waals surface area contributed by atoms with Gasteiger partial charge in [0.1, 0.15) is 0 Å². The Morgan fingerprint density at radius 1 is 1.21 bits per heavy atom. The highest BCUT2D eigenvalue weighted by molar-refractivity contribution is 5.78. The number of ether oxygens (including phenoxy) is 2. The molecule has 0 spiro atoms. The molecule has 28 heavy (non-hydrogen) atoms. The zero-order valence-electron chi connectivity index (χ0n) is 18.1. The van der Waals surface area contributed by atoms with Crippen molar-refractivity contribution in [2.45, 2.75) is 65.6 Å². The van der Waals surface area contributed by atoms with Gasteiger partial charge in [-0.25, -0.2) is 0 Å². The number of nitrogens with zero attached hydrogens (tertiary/aromatic N) is 1. The molecule has 1 aromatic rings. The Bertz CT molecular complexity index is 628. The number of carbonyl (C=O) groups is 1. The summed E-state index contributed by atoms with van der Waals surface area (Å²) in [7, 11) is 0. The maximum Gasteiger partial charge on any atom is 0.258 e. The molecule has 0 radical (unpaired) electrons. The van der Waals surface area contributed by atoms with Crippen molar-refractivity contribution < 1.29 is 14.3 Å². The highest BCUT2D eigenvalue weighted by atomic mass is 16.5. The van der Waals surface area contributed by atoms with Crippen LogP contribution in [0.1, 0.15) is 53.0 Å². The Morgan fingerprint density at radius 2 is 2.00 bits per heavy atom. The van der Waals surface area contributed by atoms with Crippen LogP contribution in [0.4, 0.5) is 0 Å². The van der Waals surface area contributed by atoms with Gasteiger partial charge in [-0.05, 0) is 71.3 Å². The van der Waals surface area contributed by atoms with Crippen molar-refractivity contribution in [1.29, 1.82) is 0 Å². The zero-order valence-corrected chi connectivity index (χ0v) is 18.1. The second kappa shape index (κ2) is 10.7. The second-order valence-electron chi connectivity index (χ2n) is 8.36. The molecule has 1 amide bonds. The first-order valence-electron chi connectivity index (χ1n) is 10.5. The monoisotopic (exact) mass is 391 g/mol. The molecule has 1 aliphatic heterocycles. The lowest BCUT2D eigenvalue weighted by Crippen LogP contribution is -2.43. The largest absolute Gasteiger partial charge is 0.490 e. The van der Waals surface area contributed by atoms with Crippen LogP contribution in [0.15, 0.2) is 18.2 Å². The van der Waals surface area contributed by atoms with Crippen molar-refractivity contribution in [3.05, 3.63) is 23.8 Å². The lowest BCUT2D eigenvalue weighted by molar-refractivity contribution is -0.124. The van der Waals surface area contributed by atoms with Gasteiger partial charge in [-0.15, -0.1) is 0 Å². The molecule has 1 fully saturated rings. The Labute approximate surface area is 170 Å². The lowest BCUT2D eigenvalue weighted by Gasteiger charge is -2.23. The predicted molar refractivity (Wildman–Crippen MR) is 113 cm³/mol. The minimum Gasteiger partial charge on any atom is -0.490 e. The molecule has 1 aliphatic rings. The summed E-state index contributed by atoms with van der Waals surface area (Å²) in [6.07, 6.45) is 2.57. The number of rotatable bonds is 10. The Morgan fingerprint density at radius 3 is 2.68 bits per heavy atom.